The number of nitrogens with two attached hydrogens (primary N) is 2. The predicted molar refractivity (Wildman–Crippen MR) is 72.0 cm³/mol. The Kier molecular flexibility index (Phi) is 4.14. The number of hydrogen-bond donors (Lipinski definition) is 3. The van der Waals surface area contributed by atoms with Crippen LogP contribution >= 0.6 is 11.8 Å². The van der Waals surface area contributed by atoms with Gasteiger partial charge in [0, 0.05) is 6.07 Å². The van der Waals surface area contributed by atoms with Gasteiger partial charge in [-0.05, 0) is 17.8 Å². The molecule has 0 spiro atoms. The van der Waals surface area contributed by atoms with Crippen LogP contribution in [0.4, 0.5) is 17.5 Å². The molecule has 0 unspecified atom stereocenters. The van der Waals surface area contributed by atoms with Gasteiger partial charge in [-0.2, -0.15) is 0 Å². The SMILES string of the molecule is Nc1cc(N)[nH+]c(SCC(=O)Nc2cccc[nH+]2)n1. The van der Waals surface area contributed by atoms with Crippen LogP contribution in [0.15, 0.2) is 35.6 Å². The summed E-state index contributed by atoms with van der Waals surface area (Å²) >= 11 is 1.22. The Morgan fingerprint density at radius 3 is 2.95 bits per heavy atom. The van der Waals surface area contributed by atoms with Crippen molar-refractivity contribution in [3.05, 3.63) is 30.5 Å². The first-order valence-electron chi connectivity index (χ1n) is 5.48. The predicted octanol–water partition coefficient (Wildman–Crippen LogP) is -0.395. The molecule has 0 radical (unpaired) electrons. The third-order valence-corrected chi connectivity index (χ3v) is 2.98. The fourth-order valence-corrected chi connectivity index (χ4v) is 2.06. The highest BCUT2D eigenvalue weighted by Gasteiger charge is 2.14. The van der Waals surface area contributed by atoms with Crippen LogP contribution < -0.4 is 26.8 Å². The van der Waals surface area contributed by atoms with Crippen molar-refractivity contribution < 1.29 is 14.8 Å². The third-order valence-electron chi connectivity index (χ3n) is 2.11. The number of carbonyl (C=O) groups excluding carboxylic acids is 1. The van der Waals surface area contributed by atoms with E-state index in [0.29, 0.717) is 22.6 Å². The molecule has 2 aromatic heterocycles. The molecule has 2 aromatic rings. The second-order valence-corrected chi connectivity index (χ2v) is 4.64. The summed E-state index contributed by atoms with van der Waals surface area (Å²) in [5, 5.41) is 3.23. The smallest absolute Gasteiger partial charge is 0.317 e. The van der Waals surface area contributed by atoms with Gasteiger partial charge in [-0.25, -0.2) is 20.1 Å². The molecule has 19 heavy (non-hydrogen) atoms. The average molecular weight is 278 g/mol. The molecule has 0 atom stereocenters. The van der Waals surface area contributed by atoms with E-state index in [9.17, 15) is 4.79 Å². The molecule has 0 bridgehead atoms. The molecule has 98 valence electrons. The Morgan fingerprint density at radius 1 is 1.42 bits per heavy atom. The standard InChI is InChI=1S/C11H12N6OS/c12-7-5-8(13)16-11(15-7)19-6-10(18)17-9-3-1-2-4-14-9/h1-5H,6H2,(H,14,17,18)(H4,12,13,15,16)/p+2. The van der Waals surface area contributed by atoms with Gasteiger partial charge in [0.05, 0.1) is 12.3 Å². The highest BCUT2D eigenvalue weighted by Crippen LogP contribution is 2.12. The zero-order chi connectivity index (χ0) is 13.7. The van der Waals surface area contributed by atoms with E-state index in [1.54, 1.807) is 12.3 Å². The Hall–Kier alpha value is -2.35. The van der Waals surface area contributed by atoms with Gasteiger partial charge < -0.3 is 11.5 Å². The van der Waals surface area contributed by atoms with Crippen LogP contribution in [0.3, 0.4) is 0 Å². The molecule has 8 heteroatoms. The van der Waals surface area contributed by atoms with Gasteiger partial charge in [0.2, 0.25) is 11.6 Å². The highest BCUT2D eigenvalue weighted by atomic mass is 32.2. The number of thioether (sulfide) groups is 1. The van der Waals surface area contributed by atoms with Crippen molar-refractivity contribution in [2.45, 2.75) is 5.16 Å². The van der Waals surface area contributed by atoms with Crippen molar-refractivity contribution in [3.8, 4) is 0 Å². The van der Waals surface area contributed by atoms with E-state index in [-0.39, 0.29) is 11.7 Å². The number of carbonyl (C=O) groups is 1. The number of aromatic amines is 2. The maximum absolute atomic E-state index is 11.7. The Labute approximate surface area is 113 Å². The average Bonchev–Trinajstić information content (AvgIpc) is 2.36. The second-order valence-electron chi connectivity index (χ2n) is 3.68. The van der Waals surface area contributed by atoms with E-state index in [0.717, 1.165) is 0 Å². The molecular formula is C11H14N6OS+2. The van der Waals surface area contributed by atoms with Gasteiger partial charge in [-0.15, -0.1) is 0 Å². The van der Waals surface area contributed by atoms with Crippen LogP contribution in [0.25, 0.3) is 0 Å². The molecule has 2 heterocycles. The quantitative estimate of drug-likeness (QED) is 0.519. The van der Waals surface area contributed by atoms with Crippen molar-refractivity contribution in [1.29, 1.82) is 0 Å². The summed E-state index contributed by atoms with van der Waals surface area (Å²) in [6.07, 6.45) is 1.73. The monoisotopic (exact) mass is 278 g/mol. The zero-order valence-electron chi connectivity index (χ0n) is 10.0. The van der Waals surface area contributed by atoms with Crippen LogP contribution in [0.1, 0.15) is 0 Å². The van der Waals surface area contributed by atoms with Crippen molar-refractivity contribution in [1.82, 2.24) is 4.98 Å². The fraction of sp³-hybridized carbons (Fsp3) is 0.0909. The zero-order valence-corrected chi connectivity index (χ0v) is 10.8. The summed E-state index contributed by atoms with van der Waals surface area (Å²) in [6, 6.07) is 6.94. The molecule has 7 nitrogen and oxygen atoms in total. The molecule has 0 aliphatic heterocycles. The number of hydrogen-bond acceptors (Lipinski definition) is 5. The van der Waals surface area contributed by atoms with Gasteiger partial charge in [-0.3, -0.25) is 0 Å². The molecular weight excluding hydrogens is 264 g/mol. The first kappa shape index (κ1) is 13.1. The lowest BCUT2D eigenvalue weighted by atomic mass is 10.4. The molecule has 7 N–H and O–H groups in total. The third kappa shape index (κ3) is 4.11. The molecule has 0 aromatic carbocycles. The summed E-state index contributed by atoms with van der Waals surface area (Å²) in [6.45, 7) is 0. The lowest BCUT2D eigenvalue weighted by Crippen LogP contribution is -2.22. The minimum atomic E-state index is -0.149. The number of nitrogens with zero attached hydrogens (tertiary/aromatic N) is 1. The minimum absolute atomic E-state index is 0.149. The van der Waals surface area contributed by atoms with Gasteiger partial charge in [0.1, 0.15) is 5.75 Å². The summed E-state index contributed by atoms with van der Waals surface area (Å²) in [5.74, 6) is 1.41. The number of anilines is 3. The molecule has 0 saturated heterocycles. The van der Waals surface area contributed by atoms with Gasteiger partial charge in [-0.1, -0.05) is 11.1 Å². The summed E-state index contributed by atoms with van der Waals surface area (Å²) < 4.78 is 0. The first-order chi connectivity index (χ1) is 9.13. The Bertz CT molecular complexity index is 556. The van der Waals surface area contributed by atoms with Crippen LogP contribution in [-0.4, -0.2) is 16.6 Å². The van der Waals surface area contributed by atoms with Gasteiger partial charge in [0.15, 0.2) is 0 Å². The van der Waals surface area contributed by atoms with E-state index >= 15 is 0 Å². The number of amides is 1. The van der Waals surface area contributed by atoms with E-state index in [2.05, 4.69) is 20.3 Å². The lowest BCUT2D eigenvalue weighted by Gasteiger charge is -1.97. The molecule has 0 fully saturated rings. The maximum atomic E-state index is 11.7. The van der Waals surface area contributed by atoms with E-state index in [4.69, 9.17) is 11.5 Å². The van der Waals surface area contributed by atoms with Crippen molar-refractivity contribution >= 4 is 35.1 Å². The van der Waals surface area contributed by atoms with E-state index < -0.39 is 0 Å². The molecule has 1 amide bonds. The normalized spacial score (nSPS) is 10.1. The Balaban J connectivity index is 1.90. The Morgan fingerprint density at radius 2 is 2.26 bits per heavy atom. The van der Waals surface area contributed by atoms with Crippen LogP contribution in [0.5, 0.6) is 0 Å². The lowest BCUT2D eigenvalue weighted by molar-refractivity contribution is -0.416. The van der Waals surface area contributed by atoms with Crippen molar-refractivity contribution in [2.24, 2.45) is 0 Å². The largest absolute Gasteiger partial charge is 0.370 e. The summed E-state index contributed by atoms with van der Waals surface area (Å²) in [4.78, 5) is 21.5. The fourth-order valence-electron chi connectivity index (χ4n) is 1.36. The second kappa shape index (κ2) is 6.01. The molecule has 0 aliphatic rings. The minimum Gasteiger partial charge on any atom is -0.370 e. The van der Waals surface area contributed by atoms with Gasteiger partial charge in [0.25, 0.3) is 11.0 Å². The van der Waals surface area contributed by atoms with Crippen LogP contribution in [0.2, 0.25) is 0 Å². The van der Waals surface area contributed by atoms with Crippen LogP contribution in [0, 0.1) is 0 Å². The molecule has 0 aliphatic carbocycles. The number of nitrogens with one attached hydrogen (secondary N) is 3. The highest BCUT2D eigenvalue weighted by molar-refractivity contribution is 7.99. The number of nitrogen functional groups attached to an aromatic ring is 2. The van der Waals surface area contributed by atoms with E-state index in [1.807, 2.05) is 12.1 Å². The topological polar surface area (TPSA) is 122 Å². The maximum Gasteiger partial charge on any atom is 0.317 e. The van der Waals surface area contributed by atoms with Gasteiger partial charge >= 0.3 is 5.91 Å². The van der Waals surface area contributed by atoms with Crippen molar-refractivity contribution in [3.63, 3.8) is 0 Å². The van der Waals surface area contributed by atoms with Crippen LogP contribution in [-0.2, 0) is 4.79 Å². The number of pyridine rings is 1. The number of aromatic nitrogens is 3. The molecule has 2 rings (SSSR count). The van der Waals surface area contributed by atoms with E-state index in [1.165, 1.54) is 17.8 Å². The number of rotatable bonds is 4. The first-order valence-corrected chi connectivity index (χ1v) is 6.47. The summed E-state index contributed by atoms with van der Waals surface area (Å²) in [5.41, 5.74) is 11.2. The van der Waals surface area contributed by atoms with Crippen molar-refractivity contribution in [2.75, 3.05) is 22.5 Å². The number of H-pyrrole nitrogens is 2. The summed E-state index contributed by atoms with van der Waals surface area (Å²) in [7, 11) is 0. The molecule has 0 saturated carbocycles.